The molecule has 3 aromatic rings. The number of carbonyl (C=O) groups is 2. The van der Waals surface area contributed by atoms with Gasteiger partial charge < -0.3 is 30.4 Å². The van der Waals surface area contributed by atoms with Crippen LogP contribution in [0, 0.1) is 5.41 Å². The van der Waals surface area contributed by atoms with Crippen LogP contribution in [0.15, 0.2) is 36.7 Å². The summed E-state index contributed by atoms with van der Waals surface area (Å²) in [5.74, 6) is 0.328. The molecule has 2 aromatic heterocycles. The number of nitrogens with two attached hydrogens (primary N) is 1. The Balaban J connectivity index is 1.42. The van der Waals surface area contributed by atoms with Gasteiger partial charge in [0.25, 0.3) is 0 Å². The second-order valence-corrected chi connectivity index (χ2v) is 15.6. The lowest BCUT2D eigenvalue weighted by molar-refractivity contribution is -0.118. The molecule has 16 nitrogen and oxygen atoms in total. The predicted molar refractivity (Wildman–Crippen MR) is 184 cm³/mol. The van der Waals surface area contributed by atoms with Crippen molar-refractivity contribution in [3.05, 3.63) is 42.2 Å². The van der Waals surface area contributed by atoms with Gasteiger partial charge >= 0.3 is 13.8 Å². The maximum Gasteiger partial charge on any atom is 0.406 e. The Hall–Kier alpha value is -3.02. The van der Waals surface area contributed by atoms with Gasteiger partial charge in [0.15, 0.2) is 22.5 Å². The van der Waals surface area contributed by atoms with Crippen LogP contribution in [-0.4, -0.2) is 92.1 Å². The Labute approximate surface area is 293 Å². The molecule has 5 N–H and O–H groups in total. The fourth-order valence-electron chi connectivity index (χ4n) is 4.89. The van der Waals surface area contributed by atoms with E-state index in [0.29, 0.717) is 18.5 Å². The number of nitrogen functional groups attached to an aromatic ring is 1. The lowest BCUT2D eigenvalue weighted by atomic mass is 9.91. The van der Waals surface area contributed by atoms with Crippen LogP contribution in [-0.2, 0) is 34.4 Å². The third-order valence-electron chi connectivity index (χ3n) is 7.72. The SMILES string of the molecule is CCOc1nc(N)nc2c1ncn2[C@@H]1O[C@H](CO[P@@](=O)(NCc2ccccc2)OCCSC(=O)C(C)(C)CCNC(=O)OC)[C@@H](O)[C@@]1(C)Cl. The molecule has 0 spiro atoms. The number of benzene rings is 1. The summed E-state index contributed by atoms with van der Waals surface area (Å²) in [6, 6.07) is 9.23. The van der Waals surface area contributed by atoms with Crippen molar-refractivity contribution in [1.82, 2.24) is 29.9 Å². The lowest BCUT2D eigenvalue weighted by Gasteiger charge is -2.26. The molecule has 49 heavy (non-hydrogen) atoms. The average Bonchev–Trinajstić information content (AvgIpc) is 3.58. The number of fused-ring (bicyclic) bond motifs is 1. The van der Waals surface area contributed by atoms with Gasteiger partial charge in [-0.25, -0.2) is 19.4 Å². The number of imidazole rings is 1. The zero-order chi connectivity index (χ0) is 35.8. The van der Waals surface area contributed by atoms with Crippen LogP contribution in [0.4, 0.5) is 10.7 Å². The van der Waals surface area contributed by atoms with E-state index >= 15 is 0 Å². The maximum atomic E-state index is 14.0. The van der Waals surface area contributed by atoms with E-state index in [4.69, 9.17) is 35.9 Å². The minimum Gasteiger partial charge on any atom is -0.476 e. The van der Waals surface area contributed by atoms with E-state index < -0.39 is 42.6 Å². The van der Waals surface area contributed by atoms with Crippen LogP contribution in [0.25, 0.3) is 11.2 Å². The van der Waals surface area contributed by atoms with E-state index in [2.05, 4.69) is 30.1 Å². The molecule has 3 heterocycles. The van der Waals surface area contributed by atoms with Gasteiger partial charge in [-0.3, -0.25) is 18.4 Å². The van der Waals surface area contributed by atoms with Gasteiger partial charge in [0.1, 0.15) is 17.1 Å². The first-order valence-corrected chi connectivity index (χ1v) is 18.4. The van der Waals surface area contributed by atoms with E-state index in [-0.39, 0.29) is 54.6 Å². The van der Waals surface area contributed by atoms with Crippen LogP contribution in [0.1, 0.15) is 45.9 Å². The highest BCUT2D eigenvalue weighted by atomic mass is 35.5. The van der Waals surface area contributed by atoms with Crippen molar-refractivity contribution in [2.24, 2.45) is 5.41 Å². The molecular weight excluding hydrogens is 701 g/mol. The van der Waals surface area contributed by atoms with Crippen molar-refractivity contribution in [3.63, 3.8) is 0 Å². The minimum absolute atomic E-state index is 0.0472. The minimum atomic E-state index is -4.02. The summed E-state index contributed by atoms with van der Waals surface area (Å²) in [5, 5.41) is 16.5. The van der Waals surface area contributed by atoms with E-state index in [9.17, 15) is 19.3 Å². The summed E-state index contributed by atoms with van der Waals surface area (Å²) < 4.78 is 43.4. The molecule has 1 aliphatic rings. The number of amides is 1. The first kappa shape index (κ1) is 38.8. The van der Waals surface area contributed by atoms with Crippen molar-refractivity contribution in [2.45, 2.75) is 64.0 Å². The molecule has 1 fully saturated rings. The van der Waals surface area contributed by atoms with Crippen molar-refractivity contribution in [1.29, 1.82) is 0 Å². The number of nitrogens with one attached hydrogen (secondary N) is 2. The summed E-state index contributed by atoms with van der Waals surface area (Å²) in [6.07, 6.45) is -2.06. The molecule has 0 radical (unpaired) electrons. The van der Waals surface area contributed by atoms with Gasteiger partial charge in [-0.15, -0.1) is 11.6 Å². The summed E-state index contributed by atoms with van der Waals surface area (Å²) >= 11 is 7.88. The van der Waals surface area contributed by atoms with E-state index in [0.717, 1.165) is 17.3 Å². The normalized spacial score (nSPS) is 22.1. The number of nitrogens with zero attached hydrogens (tertiary/aromatic N) is 4. The van der Waals surface area contributed by atoms with Crippen LogP contribution < -0.4 is 20.9 Å². The number of carbonyl (C=O) groups excluding carboxylic acids is 2. The fourth-order valence-corrected chi connectivity index (χ4v) is 7.46. The van der Waals surface area contributed by atoms with Crippen molar-refractivity contribution < 1.29 is 42.5 Å². The number of rotatable bonds is 17. The lowest BCUT2D eigenvalue weighted by Crippen LogP contribution is -2.40. The number of alkyl carbamates (subject to hydrolysis) is 1. The molecule has 19 heteroatoms. The summed E-state index contributed by atoms with van der Waals surface area (Å²) in [5.41, 5.74) is 6.61. The standard InChI is InChI=1S/C30H43ClN7O9PS/c1-6-44-24-21-23(36-27(32)37-24)38(18-34-21)25-30(4,31)22(39)20(47-25)17-46-48(42,35-16-19-10-8-7-9-11-19)45-14-15-49-26(40)29(2,3)12-13-33-28(41)43-5/h7-11,18,20,22,25,39H,6,12-17H2,1-5H3,(H,33,41)(H,35,42)(H2,32,36,37)/t20-,22-,25-,30-,48-/m1/s1. The third-order valence-corrected chi connectivity index (χ3v) is 10.9. The third kappa shape index (κ3) is 9.82. The summed E-state index contributed by atoms with van der Waals surface area (Å²) in [7, 11) is -2.76. The van der Waals surface area contributed by atoms with Crippen LogP contribution >= 0.6 is 31.1 Å². The zero-order valence-electron chi connectivity index (χ0n) is 28.0. The largest absolute Gasteiger partial charge is 0.476 e. The van der Waals surface area contributed by atoms with Gasteiger partial charge in [-0.05, 0) is 25.8 Å². The first-order chi connectivity index (χ1) is 23.2. The fraction of sp³-hybridized carbons (Fsp3) is 0.567. The highest BCUT2D eigenvalue weighted by molar-refractivity contribution is 8.13. The van der Waals surface area contributed by atoms with E-state index in [1.54, 1.807) is 27.7 Å². The Morgan fingerprint density at radius 3 is 2.67 bits per heavy atom. The van der Waals surface area contributed by atoms with Gasteiger partial charge in [0, 0.05) is 24.3 Å². The molecule has 4 rings (SSSR count). The number of hydrogen-bond acceptors (Lipinski definition) is 14. The second kappa shape index (κ2) is 16.8. The molecule has 1 saturated heterocycles. The Kier molecular flexibility index (Phi) is 13.3. The monoisotopic (exact) mass is 743 g/mol. The number of hydrogen-bond donors (Lipinski definition) is 4. The molecular formula is C30H43ClN7O9PS. The first-order valence-electron chi connectivity index (χ1n) is 15.5. The Morgan fingerprint density at radius 2 is 1.98 bits per heavy atom. The second-order valence-electron chi connectivity index (χ2n) is 11.9. The predicted octanol–water partition coefficient (Wildman–Crippen LogP) is 4.03. The van der Waals surface area contributed by atoms with Crippen LogP contribution in [0.3, 0.4) is 0 Å². The quantitative estimate of drug-likeness (QED) is 0.0874. The van der Waals surface area contributed by atoms with Crippen LogP contribution in [0.2, 0.25) is 0 Å². The van der Waals surface area contributed by atoms with Gasteiger partial charge in [-0.1, -0.05) is 55.9 Å². The van der Waals surface area contributed by atoms with Gasteiger partial charge in [-0.2, -0.15) is 9.97 Å². The van der Waals surface area contributed by atoms with Gasteiger partial charge in [0.05, 0.1) is 33.3 Å². The number of halogens is 1. The molecule has 1 aliphatic heterocycles. The number of alkyl halides is 1. The Bertz CT molecular complexity index is 1630. The van der Waals surface area contributed by atoms with E-state index in [1.807, 2.05) is 30.3 Å². The summed E-state index contributed by atoms with van der Waals surface area (Å²) in [6.45, 7) is 7.22. The number of aliphatic hydroxyl groups is 1. The van der Waals surface area contributed by atoms with Crippen molar-refractivity contribution in [2.75, 3.05) is 45.0 Å². The number of aliphatic hydroxyl groups excluding tert-OH is 1. The number of thioether (sulfide) groups is 1. The molecule has 5 atom stereocenters. The average molecular weight is 744 g/mol. The van der Waals surface area contributed by atoms with Crippen molar-refractivity contribution in [3.8, 4) is 5.88 Å². The highest BCUT2D eigenvalue weighted by Crippen LogP contribution is 2.48. The molecule has 0 aliphatic carbocycles. The summed E-state index contributed by atoms with van der Waals surface area (Å²) in [4.78, 5) is 35.6. The number of methoxy groups -OCH3 is 1. The van der Waals surface area contributed by atoms with Crippen LogP contribution in [0.5, 0.6) is 5.88 Å². The van der Waals surface area contributed by atoms with Crippen molar-refractivity contribution >= 4 is 59.4 Å². The number of aromatic nitrogens is 4. The van der Waals surface area contributed by atoms with E-state index in [1.165, 1.54) is 18.0 Å². The maximum absolute atomic E-state index is 14.0. The smallest absolute Gasteiger partial charge is 0.406 e. The Morgan fingerprint density at radius 1 is 1.24 bits per heavy atom. The number of anilines is 1. The topological polar surface area (TPSA) is 211 Å². The zero-order valence-corrected chi connectivity index (χ0v) is 30.4. The highest BCUT2D eigenvalue weighted by Gasteiger charge is 2.54. The molecule has 0 bridgehead atoms. The molecule has 0 saturated carbocycles. The molecule has 1 aromatic carbocycles. The molecule has 1 amide bonds. The molecule has 270 valence electrons. The molecule has 0 unspecified atom stereocenters. The van der Waals surface area contributed by atoms with Gasteiger partial charge in [0.2, 0.25) is 11.8 Å². The number of ether oxygens (including phenoxy) is 3.